The first-order valence-electron chi connectivity index (χ1n) is 5.13. The highest BCUT2D eigenvalue weighted by molar-refractivity contribution is 5.85. The van der Waals surface area contributed by atoms with Crippen molar-refractivity contribution in [3.63, 3.8) is 0 Å². The van der Waals surface area contributed by atoms with Crippen molar-refractivity contribution in [2.45, 2.75) is 0 Å². The van der Waals surface area contributed by atoms with Gasteiger partial charge in [0.1, 0.15) is 5.75 Å². The number of benzene rings is 2. The highest BCUT2D eigenvalue weighted by Crippen LogP contribution is 2.19. The molecule has 0 fully saturated rings. The maximum Gasteiger partial charge on any atom is 0.409 e. The van der Waals surface area contributed by atoms with Crippen molar-refractivity contribution >= 4 is 29.9 Å². The Balaban J connectivity index is 0.00000162. The molecule has 0 radical (unpaired) electrons. The fourth-order valence-corrected chi connectivity index (χ4v) is 1.41. The van der Waals surface area contributed by atoms with Crippen LogP contribution in [0.25, 0.3) is 0 Å². The largest absolute Gasteiger partial charge is 0.411 e. The summed E-state index contributed by atoms with van der Waals surface area (Å²) in [7, 11) is 0. The van der Waals surface area contributed by atoms with E-state index in [1.54, 1.807) is 12.1 Å². The van der Waals surface area contributed by atoms with Crippen LogP contribution in [0, 0.1) is 0 Å². The van der Waals surface area contributed by atoms with Crippen LogP contribution in [0.4, 0.5) is 16.2 Å². The number of rotatable bonds is 3. The van der Waals surface area contributed by atoms with Crippen LogP contribution in [0.15, 0.2) is 54.6 Å². The van der Waals surface area contributed by atoms with Crippen molar-refractivity contribution in [3.8, 4) is 5.75 Å². The smallest absolute Gasteiger partial charge is 0.409 e. The quantitative estimate of drug-likeness (QED) is 0.894. The number of hydrogen-bond donors (Lipinski definition) is 2. The zero-order valence-corrected chi connectivity index (χ0v) is 10.3. The second-order valence-electron chi connectivity index (χ2n) is 3.44. The Morgan fingerprint density at radius 1 is 0.944 bits per heavy atom. The number of nitrogens with one attached hydrogen (secondary N) is 1. The first kappa shape index (κ1) is 13.9. The number of ether oxygens (including phenoxy) is 1. The van der Waals surface area contributed by atoms with E-state index in [9.17, 15) is 4.79 Å². The van der Waals surface area contributed by atoms with Crippen molar-refractivity contribution in [3.05, 3.63) is 54.6 Å². The molecule has 94 valence electrons. The molecule has 4 nitrogen and oxygen atoms in total. The van der Waals surface area contributed by atoms with Crippen LogP contribution in [0.5, 0.6) is 5.75 Å². The van der Waals surface area contributed by atoms with E-state index in [4.69, 9.17) is 10.5 Å². The fourth-order valence-electron chi connectivity index (χ4n) is 1.41. The molecule has 2 aromatic rings. The summed E-state index contributed by atoms with van der Waals surface area (Å²) < 4.78 is 4.73. The van der Waals surface area contributed by atoms with Gasteiger partial charge in [-0.25, -0.2) is 4.79 Å². The molecule has 0 spiro atoms. The zero-order valence-electron chi connectivity index (χ0n) is 9.50. The van der Waals surface area contributed by atoms with E-state index in [1.807, 2.05) is 42.5 Å². The van der Waals surface area contributed by atoms with Gasteiger partial charge in [-0.2, -0.15) is 0 Å². The number of halogens is 1. The molecule has 2 aromatic carbocycles. The molecule has 0 aliphatic rings. The van der Waals surface area contributed by atoms with Crippen molar-refractivity contribution in [2.75, 3.05) is 5.32 Å². The lowest BCUT2D eigenvalue weighted by atomic mass is 10.2. The topological polar surface area (TPSA) is 64.4 Å². The summed E-state index contributed by atoms with van der Waals surface area (Å²) in [6.07, 6.45) is -0.811. The van der Waals surface area contributed by atoms with E-state index >= 15 is 0 Å². The molecule has 1 amide bonds. The highest BCUT2D eigenvalue weighted by Gasteiger charge is 1.98. The maximum absolute atomic E-state index is 10.5. The molecule has 3 N–H and O–H groups in total. The summed E-state index contributed by atoms with van der Waals surface area (Å²) in [5.41, 5.74) is 6.82. The van der Waals surface area contributed by atoms with E-state index in [0.717, 1.165) is 11.4 Å². The minimum Gasteiger partial charge on any atom is -0.411 e. The Kier molecular flexibility index (Phi) is 5.02. The number of nitrogens with two attached hydrogens (primary N) is 1. The Morgan fingerprint density at radius 2 is 1.50 bits per heavy atom. The number of carbonyl (C=O) groups excluding carboxylic acids is 1. The van der Waals surface area contributed by atoms with Crippen molar-refractivity contribution < 1.29 is 9.53 Å². The average molecular weight is 265 g/mol. The SMILES string of the molecule is Cl.NC(=O)Oc1ccc(Nc2ccccc2)cc1. The lowest BCUT2D eigenvalue weighted by Crippen LogP contribution is -2.16. The number of carbonyl (C=O) groups is 1. The second-order valence-corrected chi connectivity index (χ2v) is 3.44. The molecule has 0 bridgehead atoms. The standard InChI is InChI=1S/C13H12N2O2.ClH/c14-13(16)17-12-8-6-11(7-9-12)15-10-4-2-1-3-5-10;/h1-9,15H,(H2,14,16);1H. The lowest BCUT2D eigenvalue weighted by Gasteiger charge is -2.06. The van der Waals surface area contributed by atoms with Gasteiger partial charge in [0, 0.05) is 11.4 Å². The van der Waals surface area contributed by atoms with Crippen LogP contribution >= 0.6 is 12.4 Å². The molecule has 0 saturated heterocycles. The highest BCUT2D eigenvalue weighted by atomic mass is 35.5. The molecule has 2 rings (SSSR count). The molecule has 18 heavy (non-hydrogen) atoms. The predicted molar refractivity (Wildman–Crippen MR) is 73.6 cm³/mol. The van der Waals surface area contributed by atoms with Gasteiger partial charge < -0.3 is 15.8 Å². The van der Waals surface area contributed by atoms with Crippen LogP contribution < -0.4 is 15.8 Å². The van der Waals surface area contributed by atoms with Crippen molar-refractivity contribution in [1.82, 2.24) is 0 Å². The molecule has 0 unspecified atom stereocenters. The molecule has 0 saturated carbocycles. The molecule has 0 heterocycles. The molecular formula is C13H13ClN2O2. The Bertz CT molecular complexity index is 500. The third-order valence-corrected chi connectivity index (χ3v) is 2.14. The number of anilines is 2. The Hall–Kier alpha value is -2.20. The van der Waals surface area contributed by atoms with Crippen LogP contribution in [0.2, 0.25) is 0 Å². The Morgan fingerprint density at radius 3 is 2.06 bits per heavy atom. The number of amides is 1. The molecule has 0 aliphatic heterocycles. The summed E-state index contributed by atoms with van der Waals surface area (Å²) in [5, 5.41) is 3.21. The van der Waals surface area contributed by atoms with Gasteiger partial charge in [-0.05, 0) is 36.4 Å². The first-order chi connectivity index (χ1) is 8.24. The van der Waals surface area contributed by atoms with Crippen molar-refractivity contribution in [2.24, 2.45) is 5.73 Å². The second kappa shape index (κ2) is 6.51. The van der Waals surface area contributed by atoms with Crippen LogP contribution in [-0.2, 0) is 0 Å². The summed E-state index contributed by atoms with van der Waals surface area (Å²) in [4.78, 5) is 10.5. The van der Waals surface area contributed by atoms with Gasteiger partial charge in [0.25, 0.3) is 0 Å². The van der Waals surface area contributed by atoms with Gasteiger partial charge >= 0.3 is 6.09 Å². The minimum atomic E-state index is -0.811. The molecule has 0 aliphatic carbocycles. The molecule has 0 atom stereocenters. The van der Waals surface area contributed by atoms with Gasteiger partial charge in [-0.15, -0.1) is 12.4 Å². The summed E-state index contributed by atoms with van der Waals surface area (Å²) in [5.74, 6) is 0.427. The molecular weight excluding hydrogens is 252 g/mol. The van der Waals surface area contributed by atoms with Crippen molar-refractivity contribution in [1.29, 1.82) is 0 Å². The zero-order chi connectivity index (χ0) is 12.1. The van der Waals surface area contributed by atoms with Crippen LogP contribution in [-0.4, -0.2) is 6.09 Å². The lowest BCUT2D eigenvalue weighted by molar-refractivity contribution is 0.211. The van der Waals surface area contributed by atoms with E-state index in [0.29, 0.717) is 5.75 Å². The third kappa shape index (κ3) is 3.99. The number of para-hydroxylation sites is 1. The Labute approximate surface area is 111 Å². The van der Waals surface area contributed by atoms with Crippen LogP contribution in [0.3, 0.4) is 0 Å². The first-order valence-corrected chi connectivity index (χ1v) is 5.13. The molecule has 0 aromatic heterocycles. The average Bonchev–Trinajstić information content (AvgIpc) is 2.32. The van der Waals surface area contributed by atoms with Gasteiger partial charge in [-0.1, -0.05) is 18.2 Å². The van der Waals surface area contributed by atoms with E-state index in [1.165, 1.54) is 0 Å². The maximum atomic E-state index is 10.5. The van der Waals surface area contributed by atoms with E-state index < -0.39 is 6.09 Å². The summed E-state index contributed by atoms with van der Waals surface area (Å²) >= 11 is 0. The third-order valence-electron chi connectivity index (χ3n) is 2.14. The van der Waals surface area contributed by atoms with E-state index in [2.05, 4.69) is 5.32 Å². The normalized spacial score (nSPS) is 9.11. The van der Waals surface area contributed by atoms with E-state index in [-0.39, 0.29) is 12.4 Å². The minimum absolute atomic E-state index is 0. The summed E-state index contributed by atoms with van der Waals surface area (Å²) in [6.45, 7) is 0. The van der Waals surface area contributed by atoms with Gasteiger partial charge in [0.2, 0.25) is 0 Å². The monoisotopic (exact) mass is 264 g/mol. The predicted octanol–water partition coefficient (Wildman–Crippen LogP) is 3.31. The molecule has 5 heteroatoms. The number of primary amides is 1. The van der Waals surface area contributed by atoms with Gasteiger partial charge in [-0.3, -0.25) is 0 Å². The van der Waals surface area contributed by atoms with Gasteiger partial charge in [0.05, 0.1) is 0 Å². The number of hydrogen-bond acceptors (Lipinski definition) is 3. The fraction of sp³-hybridized carbons (Fsp3) is 0. The van der Waals surface area contributed by atoms with Crippen LogP contribution in [0.1, 0.15) is 0 Å². The summed E-state index contributed by atoms with van der Waals surface area (Å²) in [6, 6.07) is 16.8. The van der Waals surface area contributed by atoms with Gasteiger partial charge in [0.15, 0.2) is 0 Å².